The van der Waals surface area contributed by atoms with Gasteiger partial charge in [-0.05, 0) is 49.6 Å². The maximum Gasteiger partial charge on any atom is 0.0999 e. The lowest BCUT2D eigenvalue weighted by atomic mass is 9.91. The number of aliphatic imine (C=N–C) groups is 1. The van der Waals surface area contributed by atoms with Gasteiger partial charge in [0.1, 0.15) is 0 Å². The van der Waals surface area contributed by atoms with Crippen molar-refractivity contribution in [1.29, 1.82) is 0 Å². The summed E-state index contributed by atoms with van der Waals surface area (Å²) in [7, 11) is 0. The highest BCUT2D eigenvalue weighted by Crippen LogP contribution is 2.41. The zero-order valence-corrected chi connectivity index (χ0v) is 11.9. The van der Waals surface area contributed by atoms with Crippen LogP contribution in [0.15, 0.2) is 40.0 Å². The topological polar surface area (TPSA) is 24.4 Å². The van der Waals surface area contributed by atoms with Crippen LogP contribution in [0.1, 0.15) is 19.3 Å². The van der Waals surface area contributed by atoms with E-state index in [2.05, 4.69) is 11.9 Å². The van der Waals surface area contributed by atoms with Crippen LogP contribution in [0.4, 0.5) is 0 Å². The first-order valence-electron chi connectivity index (χ1n) is 6.45. The van der Waals surface area contributed by atoms with Crippen LogP contribution in [-0.4, -0.2) is 23.4 Å². The molecule has 0 aromatic heterocycles. The quantitative estimate of drug-likeness (QED) is 0.838. The summed E-state index contributed by atoms with van der Waals surface area (Å²) in [6, 6.07) is 0. The average Bonchev–Trinajstić information content (AvgIpc) is 2.81. The van der Waals surface area contributed by atoms with Gasteiger partial charge >= 0.3 is 0 Å². The minimum atomic E-state index is 0.413. The van der Waals surface area contributed by atoms with Crippen LogP contribution in [0.5, 0.6) is 0 Å². The fourth-order valence-corrected chi connectivity index (χ4v) is 4.18. The van der Waals surface area contributed by atoms with Crippen molar-refractivity contribution in [3.8, 4) is 0 Å². The second-order valence-corrected chi connectivity index (χ2v) is 6.66. The van der Waals surface area contributed by atoms with Crippen molar-refractivity contribution < 1.29 is 0 Å². The van der Waals surface area contributed by atoms with Gasteiger partial charge in [0.2, 0.25) is 0 Å². The Morgan fingerprint density at radius 1 is 1.39 bits per heavy atom. The molecule has 96 valence electrons. The molecule has 1 saturated heterocycles. The normalized spacial score (nSPS) is 28.3. The van der Waals surface area contributed by atoms with Crippen molar-refractivity contribution in [2.45, 2.75) is 24.5 Å². The van der Waals surface area contributed by atoms with Gasteiger partial charge in [-0.15, -0.1) is 0 Å². The molecule has 0 spiro atoms. The highest BCUT2D eigenvalue weighted by Gasteiger charge is 2.30. The highest BCUT2D eigenvalue weighted by atomic mass is 35.5. The molecule has 1 aliphatic carbocycles. The Kier molecular flexibility index (Phi) is 3.64. The Morgan fingerprint density at radius 3 is 2.94 bits per heavy atom. The molecule has 0 radical (unpaired) electrons. The summed E-state index contributed by atoms with van der Waals surface area (Å²) in [4.78, 5) is 4.74. The summed E-state index contributed by atoms with van der Waals surface area (Å²) in [5.41, 5.74) is 2.39. The summed E-state index contributed by atoms with van der Waals surface area (Å²) in [6.45, 7) is 6.48. The lowest BCUT2D eigenvalue weighted by Crippen LogP contribution is -2.29. The molecule has 1 N–H and O–H groups in total. The van der Waals surface area contributed by atoms with Crippen molar-refractivity contribution >= 4 is 28.4 Å². The summed E-state index contributed by atoms with van der Waals surface area (Å²) in [6.07, 6.45) is 7.28. The lowest BCUT2D eigenvalue weighted by molar-refractivity contribution is 0.430. The lowest BCUT2D eigenvalue weighted by Gasteiger charge is -2.24. The molecule has 2 heterocycles. The molecule has 1 fully saturated rings. The van der Waals surface area contributed by atoms with Gasteiger partial charge in [0.15, 0.2) is 0 Å². The van der Waals surface area contributed by atoms with Crippen molar-refractivity contribution in [1.82, 2.24) is 5.32 Å². The Labute approximate surface area is 117 Å². The third-order valence-corrected chi connectivity index (χ3v) is 5.29. The van der Waals surface area contributed by atoms with Gasteiger partial charge in [-0.3, -0.25) is 0 Å². The number of piperidine rings is 1. The number of halogens is 1. The molecule has 0 aromatic carbocycles. The van der Waals surface area contributed by atoms with Gasteiger partial charge in [0.05, 0.1) is 16.0 Å². The Hall–Kier alpha value is -0.510. The van der Waals surface area contributed by atoms with Gasteiger partial charge < -0.3 is 5.32 Å². The predicted molar refractivity (Wildman–Crippen MR) is 80.2 cm³/mol. The average molecular weight is 281 g/mol. The Bertz CT molecular complexity index is 458. The number of nitrogens with zero attached hydrogens (tertiary/aromatic N) is 1. The number of fused-ring (bicyclic) bond motifs is 1. The summed E-state index contributed by atoms with van der Waals surface area (Å²) in [5, 5.41) is 5.87. The van der Waals surface area contributed by atoms with E-state index >= 15 is 0 Å². The van der Waals surface area contributed by atoms with Crippen LogP contribution in [0.3, 0.4) is 0 Å². The maximum absolute atomic E-state index is 6.08. The van der Waals surface area contributed by atoms with E-state index in [9.17, 15) is 0 Å². The van der Waals surface area contributed by atoms with Gasteiger partial charge in [-0.1, -0.05) is 29.9 Å². The van der Waals surface area contributed by atoms with Crippen LogP contribution in [-0.2, 0) is 0 Å². The molecule has 0 aromatic rings. The largest absolute Gasteiger partial charge is 0.317 e. The van der Waals surface area contributed by atoms with Crippen molar-refractivity contribution in [2.24, 2.45) is 10.9 Å². The summed E-state index contributed by atoms with van der Waals surface area (Å²) >= 11 is 7.92. The highest BCUT2D eigenvalue weighted by molar-refractivity contribution is 8.15. The predicted octanol–water partition coefficient (Wildman–Crippen LogP) is 3.47. The number of rotatable bonds is 2. The molecule has 4 heteroatoms. The summed E-state index contributed by atoms with van der Waals surface area (Å²) in [5.74, 6) is 0.599. The zero-order valence-electron chi connectivity index (χ0n) is 10.3. The standard InChI is InChI=1S/C14H17ClN2S/c1-9(10-4-6-16-7-5-10)14-17-12-3-2-11(15)8-13(12)18-14/h2-3,10,13,16H,1,4-8H2. The van der Waals surface area contributed by atoms with E-state index in [0.717, 1.165) is 35.3 Å². The molecule has 2 aliphatic heterocycles. The smallest absolute Gasteiger partial charge is 0.0999 e. The SMILES string of the molecule is C=C(C1=NC2=CC=C(Cl)CC2S1)C1CCNCC1. The third-order valence-electron chi connectivity index (χ3n) is 3.74. The first-order chi connectivity index (χ1) is 8.74. The van der Waals surface area contributed by atoms with Crippen LogP contribution >= 0.6 is 23.4 Å². The molecule has 18 heavy (non-hydrogen) atoms. The van der Waals surface area contributed by atoms with E-state index in [1.165, 1.54) is 18.4 Å². The first kappa shape index (κ1) is 12.5. The van der Waals surface area contributed by atoms with E-state index < -0.39 is 0 Å². The van der Waals surface area contributed by atoms with Gasteiger partial charge in [-0.25, -0.2) is 4.99 Å². The van der Waals surface area contributed by atoms with Crippen LogP contribution in [0.2, 0.25) is 0 Å². The molecule has 0 bridgehead atoms. The fraction of sp³-hybridized carbons (Fsp3) is 0.500. The number of allylic oxidation sites excluding steroid dienone is 3. The molecule has 3 aliphatic rings. The maximum atomic E-state index is 6.08. The van der Waals surface area contributed by atoms with E-state index in [4.69, 9.17) is 16.6 Å². The van der Waals surface area contributed by atoms with E-state index in [0.29, 0.717) is 11.2 Å². The minimum absolute atomic E-state index is 0.413. The molecule has 3 rings (SSSR count). The monoisotopic (exact) mass is 280 g/mol. The number of hydrogen-bond acceptors (Lipinski definition) is 3. The zero-order chi connectivity index (χ0) is 12.5. The van der Waals surface area contributed by atoms with E-state index in [-0.39, 0.29) is 0 Å². The Balaban J connectivity index is 1.73. The molecular formula is C14H17ClN2S. The van der Waals surface area contributed by atoms with Crippen molar-refractivity contribution in [3.63, 3.8) is 0 Å². The van der Waals surface area contributed by atoms with Gasteiger partial charge in [0, 0.05) is 11.5 Å². The number of thioether (sulfide) groups is 1. The molecule has 1 unspecified atom stereocenters. The molecule has 0 saturated carbocycles. The Morgan fingerprint density at radius 2 is 2.17 bits per heavy atom. The molecule has 2 nitrogen and oxygen atoms in total. The van der Waals surface area contributed by atoms with Crippen LogP contribution < -0.4 is 5.32 Å². The first-order valence-corrected chi connectivity index (χ1v) is 7.71. The second-order valence-electron chi connectivity index (χ2n) is 4.98. The molecule has 0 amide bonds. The van der Waals surface area contributed by atoms with Crippen LogP contribution in [0.25, 0.3) is 0 Å². The van der Waals surface area contributed by atoms with Crippen molar-refractivity contribution in [2.75, 3.05) is 13.1 Å². The minimum Gasteiger partial charge on any atom is -0.317 e. The fourth-order valence-electron chi connectivity index (χ4n) is 2.62. The second kappa shape index (κ2) is 5.24. The van der Waals surface area contributed by atoms with Crippen molar-refractivity contribution in [3.05, 3.63) is 35.0 Å². The van der Waals surface area contributed by atoms with Crippen LogP contribution in [0, 0.1) is 5.92 Å². The van der Waals surface area contributed by atoms with Gasteiger partial charge in [-0.2, -0.15) is 0 Å². The molecular weight excluding hydrogens is 264 g/mol. The number of nitrogens with one attached hydrogen (secondary N) is 1. The van der Waals surface area contributed by atoms with Gasteiger partial charge in [0.25, 0.3) is 0 Å². The number of hydrogen-bond donors (Lipinski definition) is 1. The van der Waals surface area contributed by atoms with E-state index in [1.807, 2.05) is 23.9 Å². The molecule has 1 atom stereocenters. The third kappa shape index (κ3) is 2.44. The summed E-state index contributed by atoms with van der Waals surface area (Å²) < 4.78 is 0. The van der Waals surface area contributed by atoms with E-state index in [1.54, 1.807) is 0 Å².